The Morgan fingerprint density at radius 1 is 1.29 bits per heavy atom. The van der Waals surface area contributed by atoms with Gasteiger partial charge in [0.25, 0.3) is 5.91 Å². The van der Waals surface area contributed by atoms with E-state index in [1.165, 1.54) is 12.1 Å². The van der Waals surface area contributed by atoms with Gasteiger partial charge in [-0.25, -0.2) is 0 Å². The second-order valence-electron chi connectivity index (χ2n) is 5.73. The number of amides is 1. The Hall–Kier alpha value is -1.89. The molecule has 1 aromatic heterocycles. The van der Waals surface area contributed by atoms with Crippen molar-refractivity contribution in [1.29, 1.82) is 0 Å². The summed E-state index contributed by atoms with van der Waals surface area (Å²) in [4.78, 5) is 14.2. The Labute approximate surface area is 148 Å². The Kier molecular flexibility index (Phi) is 5.99. The van der Waals surface area contributed by atoms with Crippen LogP contribution in [0.15, 0.2) is 41.0 Å². The molecule has 0 aliphatic heterocycles. The Morgan fingerprint density at radius 3 is 2.46 bits per heavy atom. The highest BCUT2D eigenvalue weighted by Gasteiger charge is 2.19. The van der Waals surface area contributed by atoms with Gasteiger partial charge in [-0.05, 0) is 53.5 Å². The molecule has 130 valence electrons. The number of benzene rings is 1. The van der Waals surface area contributed by atoms with E-state index >= 15 is 0 Å². The van der Waals surface area contributed by atoms with Crippen LogP contribution in [0.4, 0.5) is 8.78 Å². The van der Waals surface area contributed by atoms with Crippen molar-refractivity contribution < 1.29 is 18.3 Å². The molecule has 2 rings (SSSR count). The van der Waals surface area contributed by atoms with Crippen LogP contribution in [0.2, 0.25) is 0 Å². The summed E-state index contributed by atoms with van der Waals surface area (Å²) in [6.45, 7) is 1.53. The van der Waals surface area contributed by atoms with Crippen LogP contribution in [-0.4, -0.2) is 29.0 Å². The molecule has 0 unspecified atom stereocenters. The van der Waals surface area contributed by atoms with Gasteiger partial charge in [-0.1, -0.05) is 12.1 Å². The van der Waals surface area contributed by atoms with E-state index in [1.807, 2.05) is 24.6 Å². The third-order valence-electron chi connectivity index (χ3n) is 3.51. The number of hydrogen-bond donors (Lipinski definition) is 0. The lowest BCUT2D eigenvalue weighted by Crippen LogP contribution is -2.28. The van der Waals surface area contributed by atoms with Crippen molar-refractivity contribution in [3.8, 4) is 5.75 Å². The zero-order chi connectivity index (χ0) is 17.9. The van der Waals surface area contributed by atoms with Gasteiger partial charge in [0.1, 0.15) is 11.4 Å². The Bertz CT molecular complexity index is 699. The van der Waals surface area contributed by atoms with Crippen LogP contribution in [0.25, 0.3) is 0 Å². The summed E-state index contributed by atoms with van der Waals surface area (Å²) in [5.74, 6) is -0.0114. The van der Waals surface area contributed by atoms with Gasteiger partial charge in [-0.2, -0.15) is 8.78 Å². The van der Waals surface area contributed by atoms with Gasteiger partial charge < -0.3 is 14.2 Å². The molecular formula is C17H19BrF2N2O2. The van der Waals surface area contributed by atoms with Crippen molar-refractivity contribution in [2.24, 2.45) is 0 Å². The van der Waals surface area contributed by atoms with Crippen LogP contribution >= 0.6 is 15.9 Å². The van der Waals surface area contributed by atoms with Crippen LogP contribution in [0.1, 0.15) is 35.9 Å². The minimum Gasteiger partial charge on any atom is -0.435 e. The zero-order valence-electron chi connectivity index (χ0n) is 13.7. The third-order valence-corrected chi connectivity index (χ3v) is 3.94. The molecule has 0 fully saturated rings. The quantitative estimate of drug-likeness (QED) is 0.703. The molecule has 2 aromatic rings. The number of halogens is 3. The topological polar surface area (TPSA) is 34.5 Å². The number of ether oxygens (including phenoxy) is 1. The lowest BCUT2D eigenvalue weighted by atomic mass is 10.2. The number of rotatable bonds is 6. The van der Waals surface area contributed by atoms with Crippen LogP contribution in [-0.2, 0) is 6.54 Å². The lowest BCUT2D eigenvalue weighted by molar-refractivity contribution is -0.0498. The van der Waals surface area contributed by atoms with E-state index < -0.39 is 6.61 Å². The average Bonchev–Trinajstić information content (AvgIpc) is 2.90. The average molecular weight is 401 g/mol. The van der Waals surface area contributed by atoms with E-state index in [4.69, 9.17) is 0 Å². The second-order valence-corrected chi connectivity index (χ2v) is 6.64. The van der Waals surface area contributed by atoms with E-state index in [0.29, 0.717) is 12.2 Å². The highest BCUT2D eigenvalue weighted by Crippen LogP contribution is 2.21. The first kappa shape index (κ1) is 18.4. The number of alkyl halides is 2. The first-order valence-corrected chi connectivity index (χ1v) is 8.24. The molecular weight excluding hydrogens is 382 g/mol. The number of carbonyl (C=O) groups excluding carboxylic acids is 1. The van der Waals surface area contributed by atoms with Gasteiger partial charge in [0.2, 0.25) is 0 Å². The predicted molar refractivity (Wildman–Crippen MR) is 91.4 cm³/mol. The van der Waals surface area contributed by atoms with Crippen LogP contribution in [0.5, 0.6) is 5.75 Å². The smallest absolute Gasteiger partial charge is 0.387 e. The van der Waals surface area contributed by atoms with Gasteiger partial charge in [0, 0.05) is 30.3 Å². The SMILES string of the molecule is CC(C)n1cc(Br)cc1C(=O)N(C)Cc1ccc(OC(F)F)cc1. The zero-order valence-corrected chi connectivity index (χ0v) is 15.3. The maximum atomic E-state index is 12.7. The summed E-state index contributed by atoms with van der Waals surface area (Å²) in [7, 11) is 1.71. The molecule has 1 amide bonds. The number of aromatic nitrogens is 1. The van der Waals surface area contributed by atoms with E-state index in [1.54, 1.807) is 30.1 Å². The molecule has 1 aromatic carbocycles. The molecule has 7 heteroatoms. The first-order valence-electron chi connectivity index (χ1n) is 7.44. The van der Waals surface area contributed by atoms with E-state index in [2.05, 4.69) is 20.7 Å². The molecule has 0 N–H and O–H groups in total. The van der Waals surface area contributed by atoms with Crippen molar-refractivity contribution in [1.82, 2.24) is 9.47 Å². The molecule has 0 saturated heterocycles. The summed E-state index contributed by atoms with van der Waals surface area (Å²) in [6.07, 6.45) is 1.88. The normalized spacial score (nSPS) is 11.2. The van der Waals surface area contributed by atoms with E-state index in [0.717, 1.165) is 10.0 Å². The third kappa shape index (κ3) is 4.56. The van der Waals surface area contributed by atoms with Crippen LogP contribution in [0, 0.1) is 0 Å². The maximum absolute atomic E-state index is 12.7. The highest BCUT2D eigenvalue weighted by molar-refractivity contribution is 9.10. The molecule has 0 aliphatic carbocycles. The van der Waals surface area contributed by atoms with Crippen molar-refractivity contribution >= 4 is 21.8 Å². The number of nitrogens with zero attached hydrogens (tertiary/aromatic N) is 2. The lowest BCUT2D eigenvalue weighted by Gasteiger charge is -2.20. The predicted octanol–water partition coefficient (Wildman–Crippen LogP) is 4.71. The molecule has 0 spiro atoms. The molecule has 0 saturated carbocycles. The van der Waals surface area contributed by atoms with Gasteiger partial charge in [-0.15, -0.1) is 0 Å². The van der Waals surface area contributed by atoms with Crippen molar-refractivity contribution in [2.45, 2.75) is 33.0 Å². The minimum absolute atomic E-state index is 0.0975. The summed E-state index contributed by atoms with van der Waals surface area (Å²) < 4.78 is 31.4. The molecule has 1 heterocycles. The van der Waals surface area contributed by atoms with E-state index in [9.17, 15) is 13.6 Å². The number of hydrogen-bond acceptors (Lipinski definition) is 2. The van der Waals surface area contributed by atoms with Gasteiger partial charge in [0.15, 0.2) is 0 Å². The van der Waals surface area contributed by atoms with Crippen molar-refractivity contribution in [2.75, 3.05) is 7.05 Å². The monoisotopic (exact) mass is 400 g/mol. The van der Waals surface area contributed by atoms with Crippen molar-refractivity contribution in [3.63, 3.8) is 0 Å². The Morgan fingerprint density at radius 2 is 1.92 bits per heavy atom. The van der Waals surface area contributed by atoms with E-state index in [-0.39, 0.29) is 17.7 Å². The Balaban J connectivity index is 2.09. The maximum Gasteiger partial charge on any atom is 0.387 e. The standard InChI is InChI=1S/C17H19BrF2N2O2/c1-11(2)22-10-13(18)8-15(22)16(23)21(3)9-12-4-6-14(7-5-12)24-17(19)20/h4-8,10-11,17H,9H2,1-3H3. The molecule has 0 aliphatic rings. The molecule has 4 nitrogen and oxygen atoms in total. The van der Waals surface area contributed by atoms with Crippen LogP contribution < -0.4 is 4.74 Å². The summed E-state index contributed by atoms with van der Waals surface area (Å²) in [6, 6.07) is 8.21. The van der Waals surface area contributed by atoms with Gasteiger partial charge >= 0.3 is 6.61 Å². The minimum atomic E-state index is -2.85. The fraction of sp³-hybridized carbons (Fsp3) is 0.353. The fourth-order valence-corrected chi connectivity index (χ4v) is 2.80. The van der Waals surface area contributed by atoms with Gasteiger partial charge in [-0.3, -0.25) is 4.79 Å². The van der Waals surface area contributed by atoms with Crippen LogP contribution in [0.3, 0.4) is 0 Å². The van der Waals surface area contributed by atoms with Gasteiger partial charge in [0.05, 0.1) is 0 Å². The molecule has 24 heavy (non-hydrogen) atoms. The summed E-state index contributed by atoms with van der Waals surface area (Å²) in [5, 5.41) is 0. The first-order chi connectivity index (χ1) is 11.3. The summed E-state index contributed by atoms with van der Waals surface area (Å²) in [5.41, 5.74) is 1.42. The largest absolute Gasteiger partial charge is 0.435 e. The van der Waals surface area contributed by atoms with Crippen molar-refractivity contribution in [3.05, 3.63) is 52.3 Å². The molecule has 0 radical (unpaired) electrons. The summed E-state index contributed by atoms with van der Waals surface area (Å²) >= 11 is 3.40. The molecule has 0 atom stereocenters. The second kappa shape index (κ2) is 7.79. The highest BCUT2D eigenvalue weighted by atomic mass is 79.9. The molecule has 0 bridgehead atoms. The number of carbonyl (C=O) groups is 1. The fourth-order valence-electron chi connectivity index (χ4n) is 2.36.